The maximum atomic E-state index is 9.45. The fourth-order valence-electron chi connectivity index (χ4n) is 1.24. The summed E-state index contributed by atoms with van der Waals surface area (Å²) in [4.78, 5) is 0. The smallest absolute Gasteiger partial charge is 0.116 e. The molecule has 0 amide bonds. The van der Waals surface area contributed by atoms with Crippen molar-refractivity contribution in [2.24, 2.45) is 5.41 Å². The van der Waals surface area contributed by atoms with Gasteiger partial charge in [0.05, 0.1) is 11.6 Å². The van der Waals surface area contributed by atoms with E-state index in [1.165, 1.54) is 6.08 Å². The van der Waals surface area contributed by atoms with E-state index in [0.29, 0.717) is 5.57 Å². The molecule has 1 N–H and O–H groups in total. The van der Waals surface area contributed by atoms with Gasteiger partial charge in [-0.3, -0.25) is 0 Å². The quantitative estimate of drug-likeness (QED) is 0.652. The van der Waals surface area contributed by atoms with Gasteiger partial charge in [-0.25, -0.2) is 0 Å². The summed E-state index contributed by atoms with van der Waals surface area (Å²) in [7, 11) is 0. The van der Waals surface area contributed by atoms with Crippen LogP contribution < -0.4 is 0 Å². The highest BCUT2D eigenvalue weighted by Crippen LogP contribution is 2.27. The van der Waals surface area contributed by atoms with Gasteiger partial charge < -0.3 is 5.11 Å². The largest absolute Gasteiger partial charge is 0.508 e. The van der Waals surface area contributed by atoms with Crippen molar-refractivity contribution in [3.63, 3.8) is 0 Å². The Labute approximate surface area is 90.5 Å². The van der Waals surface area contributed by atoms with Crippen molar-refractivity contribution in [1.29, 1.82) is 5.26 Å². The van der Waals surface area contributed by atoms with Gasteiger partial charge in [-0.15, -0.1) is 0 Å². The van der Waals surface area contributed by atoms with Gasteiger partial charge in [0.1, 0.15) is 5.76 Å². The Hall–Kier alpha value is -1.75. The molecule has 0 spiro atoms. The highest BCUT2D eigenvalue weighted by atomic mass is 16.3. The van der Waals surface area contributed by atoms with E-state index >= 15 is 0 Å². The molecule has 0 aromatic carbocycles. The maximum Gasteiger partial charge on any atom is 0.116 e. The Balaban J connectivity index is 3.14. The van der Waals surface area contributed by atoms with Gasteiger partial charge in [0.2, 0.25) is 0 Å². The SMILES string of the molecule is CC(C)(C)C1=C/C=C(O)\C=C(\C#N)C=C1. The van der Waals surface area contributed by atoms with Crippen LogP contribution in [0.5, 0.6) is 0 Å². The molecule has 0 saturated heterocycles. The van der Waals surface area contributed by atoms with Gasteiger partial charge >= 0.3 is 0 Å². The molecule has 2 heteroatoms. The second kappa shape index (κ2) is 4.18. The molecular formula is C13H15NO. The van der Waals surface area contributed by atoms with E-state index < -0.39 is 0 Å². The Morgan fingerprint density at radius 1 is 1.20 bits per heavy atom. The number of rotatable bonds is 0. The van der Waals surface area contributed by atoms with E-state index in [1.54, 1.807) is 12.2 Å². The fraction of sp³-hybridized carbons (Fsp3) is 0.308. The minimum Gasteiger partial charge on any atom is -0.508 e. The zero-order chi connectivity index (χ0) is 11.5. The van der Waals surface area contributed by atoms with Crippen molar-refractivity contribution in [1.82, 2.24) is 0 Å². The summed E-state index contributed by atoms with van der Waals surface area (Å²) in [6, 6.07) is 2.02. The first kappa shape index (κ1) is 11.3. The lowest BCUT2D eigenvalue weighted by Crippen LogP contribution is -2.07. The molecule has 15 heavy (non-hydrogen) atoms. The van der Waals surface area contributed by atoms with E-state index in [1.807, 2.05) is 18.2 Å². The molecule has 0 atom stereocenters. The molecule has 78 valence electrons. The van der Waals surface area contributed by atoms with E-state index in [-0.39, 0.29) is 11.2 Å². The summed E-state index contributed by atoms with van der Waals surface area (Å²) in [6.45, 7) is 6.27. The number of nitriles is 1. The van der Waals surface area contributed by atoms with Crippen LogP contribution in [0.4, 0.5) is 0 Å². The molecule has 0 fully saturated rings. The van der Waals surface area contributed by atoms with Crippen LogP contribution >= 0.6 is 0 Å². The van der Waals surface area contributed by atoms with E-state index in [2.05, 4.69) is 20.8 Å². The number of hydrogen-bond donors (Lipinski definition) is 1. The normalized spacial score (nSPS) is 23.7. The van der Waals surface area contributed by atoms with Crippen LogP contribution in [-0.2, 0) is 0 Å². The highest BCUT2D eigenvalue weighted by molar-refractivity contribution is 5.45. The van der Waals surface area contributed by atoms with Crippen LogP contribution in [0.2, 0.25) is 0 Å². The molecular weight excluding hydrogens is 186 g/mol. The van der Waals surface area contributed by atoms with Gasteiger partial charge in [0.25, 0.3) is 0 Å². The van der Waals surface area contributed by atoms with Crippen LogP contribution in [-0.4, -0.2) is 5.11 Å². The molecule has 1 rings (SSSR count). The van der Waals surface area contributed by atoms with Crippen molar-refractivity contribution in [2.75, 3.05) is 0 Å². The topological polar surface area (TPSA) is 44.0 Å². The molecule has 1 aliphatic carbocycles. The van der Waals surface area contributed by atoms with Crippen molar-refractivity contribution in [3.05, 3.63) is 47.3 Å². The average Bonchev–Trinajstić information content (AvgIpc) is 2.09. The number of nitrogens with zero attached hydrogens (tertiary/aromatic N) is 1. The van der Waals surface area contributed by atoms with Crippen LogP contribution in [0.25, 0.3) is 0 Å². The predicted molar refractivity (Wildman–Crippen MR) is 61.1 cm³/mol. The van der Waals surface area contributed by atoms with Gasteiger partial charge in [-0.2, -0.15) is 5.26 Å². The average molecular weight is 201 g/mol. The van der Waals surface area contributed by atoms with Gasteiger partial charge in [0.15, 0.2) is 0 Å². The van der Waals surface area contributed by atoms with Crippen molar-refractivity contribution >= 4 is 0 Å². The van der Waals surface area contributed by atoms with Crippen LogP contribution in [0.3, 0.4) is 0 Å². The summed E-state index contributed by atoms with van der Waals surface area (Å²) in [5, 5.41) is 18.2. The van der Waals surface area contributed by atoms with Crippen molar-refractivity contribution in [2.45, 2.75) is 20.8 Å². The number of aliphatic hydroxyl groups excluding tert-OH is 1. The Bertz CT molecular complexity index is 409. The molecule has 0 saturated carbocycles. The number of allylic oxidation sites excluding steroid dienone is 7. The molecule has 0 heterocycles. The molecule has 2 nitrogen and oxygen atoms in total. The van der Waals surface area contributed by atoms with E-state index in [0.717, 1.165) is 5.57 Å². The monoisotopic (exact) mass is 201 g/mol. The van der Waals surface area contributed by atoms with Crippen LogP contribution in [0, 0.1) is 16.7 Å². The Morgan fingerprint density at radius 3 is 2.40 bits per heavy atom. The minimum absolute atomic E-state index is 0.00514. The van der Waals surface area contributed by atoms with Crippen LogP contribution in [0.15, 0.2) is 47.3 Å². The first-order chi connectivity index (χ1) is 6.93. The third kappa shape index (κ3) is 3.14. The summed E-state index contributed by atoms with van der Waals surface area (Å²) >= 11 is 0. The fourth-order valence-corrected chi connectivity index (χ4v) is 1.24. The van der Waals surface area contributed by atoms with Gasteiger partial charge in [-0.1, -0.05) is 32.9 Å². The van der Waals surface area contributed by atoms with Crippen molar-refractivity contribution < 1.29 is 5.11 Å². The predicted octanol–water partition coefficient (Wildman–Crippen LogP) is 3.42. The number of hydrogen-bond acceptors (Lipinski definition) is 2. The lowest BCUT2D eigenvalue weighted by molar-refractivity contribution is 0.432. The molecule has 0 aromatic rings. The molecule has 1 aliphatic rings. The lowest BCUT2D eigenvalue weighted by atomic mass is 9.85. The zero-order valence-electron chi connectivity index (χ0n) is 9.28. The summed E-state index contributed by atoms with van der Waals surface area (Å²) < 4.78 is 0. The Morgan fingerprint density at radius 2 is 1.87 bits per heavy atom. The molecule has 0 unspecified atom stereocenters. The van der Waals surface area contributed by atoms with Crippen molar-refractivity contribution in [3.8, 4) is 6.07 Å². The molecule has 0 radical (unpaired) electrons. The van der Waals surface area contributed by atoms with E-state index in [9.17, 15) is 5.11 Å². The first-order valence-electron chi connectivity index (χ1n) is 4.85. The third-order valence-electron chi connectivity index (χ3n) is 2.17. The maximum absolute atomic E-state index is 9.45. The van der Waals surface area contributed by atoms with Crippen LogP contribution in [0.1, 0.15) is 20.8 Å². The third-order valence-corrected chi connectivity index (χ3v) is 2.17. The number of aliphatic hydroxyl groups is 1. The first-order valence-corrected chi connectivity index (χ1v) is 4.85. The van der Waals surface area contributed by atoms with E-state index in [4.69, 9.17) is 5.26 Å². The van der Waals surface area contributed by atoms with Gasteiger partial charge in [-0.05, 0) is 29.2 Å². The van der Waals surface area contributed by atoms with Gasteiger partial charge in [0, 0.05) is 0 Å². The zero-order valence-corrected chi connectivity index (χ0v) is 9.28. The molecule has 0 aliphatic heterocycles. The standard InChI is InChI=1S/C13H15NO/c1-13(2,3)11-5-4-10(9-14)8-12(15)7-6-11/h4-8,15H,1-3H3/b5-4?,7-6?,10-4?,10-8+,11-5?,11-6?,12-7+,12-8?. The molecule has 0 aromatic heterocycles. The molecule has 0 bridgehead atoms. The minimum atomic E-state index is 0.00514. The highest BCUT2D eigenvalue weighted by Gasteiger charge is 2.14. The second-order valence-electron chi connectivity index (χ2n) is 4.51. The summed E-state index contributed by atoms with van der Waals surface area (Å²) in [6.07, 6.45) is 8.57. The second-order valence-corrected chi connectivity index (χ2v) is 4.51. The Kier molecular flexibility index (Phi) is 3.16. The summed E-state index contributed by atoms with van der Waals surface area (Å²) in [5.74, 6) is 0.109. The summed E-state index contributed by atoms with van der Waals surface area (Å²) in [5.41, 5.74) is 1.54. The lowest BCUT2D eigenvalue weighted by Gasteiger charge is -2.20.